The highest BCUT2D eigenvalue weighted by Crippen LogP contribution is 2.15. The van der Waals surface area contributed by atoms with Gasteiger partial charge in [-0.25, -0.2) is 0 Å². The Kier molecular flexibility index (Phi) is 2.93. The maximum Gasteiger partial charge on any atom is 0.137 e. The van der Waals surface area contributed by atoms with E-state index in [1.807, 2.05) is 31.2 Å². The summed E-state index contributed by atoms with van der Waals surface area (Å²) in [6.45, 7) is 3.55. The number of benzene rings is 1. The molecule has 1 aromatic carbocycles. The molecule has 0 spiro atoms. The maximum absolute atomic E-state index is 5.42. The SMILES string of the molecule is Cc1ccccc1OCC[NH3+]. The van der Waals surface area contributed by atoms with Crippen molar-refractivity contribution in [3.05, 3.63) is 29.8 Å². The van der Waals surface area contributed by atoms with Crippen molar-refractivity contribution in [2.75, 3.05) is 13.2 Å². The van der Waals surface area contributed by atoms with Gasteiger partial charge in [0.2, 0.25) is 0 Å². The number of rotatable bonds is 3. The smallest absolute Gasteiger partial charge is 0.137 e. The predicted molar refractivity (Wildman–Crippen MR) is 44.4 cm³/mol. The van der Waals surface area contributed by atoms with E-state index < -0.39 is 0 Å². The van der Waals surface area contributed by atoms with E-state index in [4.69, 9.17) is 4.74 Å². The van der Waals surface area contributed by atoms with Gasteiger partial charge < -0.3 is 10.5 Å². The van der Waals surface area contributed by atoms with Gasteiger partial charge >= 0.3 is 0 Å². The third kappa shape index (κ3) is 2.24. The standard InChI is InChI=1S/C9H13NO/c1-8-4-2-3-5-9(8)11-7-6-10/h2-5H,6-7,10H2,1H3/p+1. The first-order valence-electron chi connectivity index (χ1n) is 3.82. The first-order chi connectivity index (χ1) is 5.34. The Morgan fingerprint density at radius 3 is 2.73 bits per heavy atom. The lowest BCUT2D eigenvalue weighted by atomic mass is 10.2. The molecule has 0 fully saturated rings. The van der Waals surface area contributed by atoms with Crippen LogP contribution in [0.15, 0.2) is 24.3 Å². The Morgan fingerprint density at radius 2 is 2.09 bits per heavy atom. The molecule has 11 heavy (non-hydrogen) atoms. The van der Waals surface area contributed by atoms with Gasteiger partial charge in [0.25, 0.3) is 0 Å². The van der Waals surface area contributed by atoms with Crippen molar-refractivity contribution in [3.8, 4) is 5.75 Å². The third-order valence-electron chi connectivity index (χ3n) is 1.50. The second-order valence-corrected chi connectivity index (χ2v) is 2.47. The monoisotopic (exact) mass is 152 g/mol. The van der Waals surface area contributed by atoms with E-state index >= 15 is 0 Å². The van der Waals surface area contributed by atoms with Gasteiger partial charge in [-0.05, 0) is 18.6 Å². The molecule has 0 heterocycles. The normalized spacial score (nSPS) is 9.64. The predicted octanol–water partition coefficient (Wildman–Crippen LogP) is 0.616. The molecule has 3 N–H and O–H groups in total. The zero-order chi connectivity index (χ0) is 8.10. The Bertz CT molecular complexity index is 223. The fourth-order valence-electron chi connectivity index (χ4n) is 0.900. The summed E-state index contributed by atoms with van der Waals surface area (Å²) in [5.74, 6) is 0.969. The van der Waals surface area contributed by atoms with Crippen molar-refractivity contribution in [1.29, 1.82) is 0 Å². The van der Waals surface area contributed by atoms with Crippen LogP contribution < -0.4 is 10.5 Å². The van der Waals surface area contributed by atoms with E-state index in [1.54, 1.807) is 0 Å². The molecule has 2 nitrogen and oxygen atoms in total. The van der Waals surface area contributed by atoms with Crippen LogP contribution in [0, 0.1) is 6.92 Å². The molecular formula is C9H14NO+. The molecule has 0 aliphatic carbocycles. The summed E-state index contributed by atoms with van der Waals surface area (Å²) in [7, 11) is 0. The molecule has 0 unspecified atom stereocenters. The first-order valence-corrected chi connectivity index (χ1v) is 3.82. The van der Waals surface area contributed by atoms with Gasteiger partial charge in [-0.3, -0.25) is 0 Å². The second-order valence-electron chi connectivity index (χ2n) is 2.47. The summed E-state index contributed by atoms with van der Waals surface area (Å²) < 4.78 is 5.42. The quantitative estimate of drug-likeness (QED) is 0.677. The van der Waals surface area contributed by atoms with Crippen LogP contribution in [0.4, 0.5) is 0 Å². The molecule has 0 atom stereocenters. The van der Waals surface area contributed by atoms with E-state index in [9.17, 15) is 0 Å². The molecule has 2 heteroatoms. The maximum atomic E-state index is 5.42. The van der Waals surface area contributed by atoms with Crippen LogP contribution in [0.3, 0.4) is 0 Å². The van der Waals surface area contributed by atoms with Crippen LogP contribution >= 0.6 is 0 Å². The lowest BCUT2D eigenvalue weighted by Gasteiger charge is -2.05. The third-order valence-corrected chi connectivity index (χ3v) is 1.50. The van der Waals surface area contributed by atoms with Crippen molar-refractivity contribution in [2.45, 2.75) is 6.92 Å². The fourth-order valence-corrected chi connectivity index (χ4v) is 0.900. The largest absolute Gasteiger partial charge is 0.487 e. The van der Waals surface area contributed by atoms with Crippen LogP contribution in [0.1, 0.15) is 5.56 Å². The minimum Gasteiger partial charge on any atom is -0.487 e. The summed E-state index contributed by atoms with van der Waals surface area (Å²) in [5.41, 5.74) is 4.89. The topological polar surface area (TPSA) is 36.9 Å². The van der Waals surface area contributed by atoms with Gasteiger partial charge in [0.05, 0.1) is 0 Å². The summed E-state index contributed by atoms with van der Waals surface area (Å²) >= 11 is 0. The molecule has 0 bridgehead atoms. The van der Waals surface area contributed by atoms with E-state index in [0.717, 1.165) is 12.3 Å². The van der Waals surface area contributed by atoms with Crippen molar-refractivity contribution in [2.24, 2.45) is 0 Å². The highest BCUT2D eigenvalue weighted by molar-refractivity contribution is 5.31. The van der Waals surface area contributed by atoms with Gasteiger partial charge in [0, 0.05) is 0 Å². The molecular weight excluding hydrogens is 138 g/mol. The number of hydrogen-bond acceptors (Lipinski definition) is 1. The lowest BCUT2D eigenvalue weighted by molar-refractivity contribution is -0.370. The minimum atomic E-state index is 0.699. The van der Waals surface area contributed by atoms with Gasteiger partial charge in [0.15, 0.2) is 0 Å². The molecule has 0 radical (unpaired) electrons. The van der Waals surface area contributed by atoms with E-state index in [-0.39, 0.29) is 0 Å². The average molecular weight is 152 g/mol. The number of ether oxygens (including phenoxy) is 1. The molecule has 1 aromatic rings. The fraction of sp³-hybridized carbons (Fsp3) is 0.333. The molecule has 0 aliphatic heterocycles. The first kappa shape index (κ1) is 8.08. The summed E-state index contributed by atoms with van der Waals surface area (Å²) in [4.78, 5) is 0. The lowest BCUT2D eigenvalue weighted by Crippen LogP contribution is -2.52. The van der Waals surface area contributed by atoms with Gasteiger partial charge in [-0.15, -0.1) is 0 Å². The molecule has 0 saturated heterocycles. The zero-order valence-electron chi connectivity index (χ0n) is 6.84. The van der Waals surface area contributed by atoms with Crippen LogP contribution in [-0.4, -0.2) is 13.2 Å². The van der Waals surface area contributed by atoms with Crippen LogP contribution in [-0.2, 0) is 0 Å². The Morgan fingerprint density at radius 1 is 1.36 bits per heavy atom. The number of quaternary nitrogens is 1. The van der Waals surface area contributed by atoms with Gasteiger partial charge in [-0.2, -0.15) is 0 Å². The Balaban J connectivity index is 2.62. The molecule has 0 aliphatic rings. The summed E-state index contributed by atoms with van der Waals surface area (Å²) in [6, 6.07) is 8.00. The highest BCUT2D eigenvalue weighted by Gasteiger charge is 1.95. The summed E-state index contributed by atoms with van der Waals surface area (Å²) in [6.07, 6.45) is 0. The minimum absolute atomic E-state index is 0.699. The van der Waals surface area contributed by atoms with Crippen molar-refractivity contribution in [3.63, 3.8) is 0 Å². The van der Waals surface area contributed by atoms with Crippen molar-refractivity contribution in [1.82, 2.24) is 0 Å². The molecule has 0 saturated carbocycles. The van der Waals surface area contributed by atoms with E-state index in [1.165, 1.54) is 5.56 Å². The molecule has 0 aromatic heterocycles. The second kappa shape index (κ2) is 3.98. The molecule has 1 rings (SSSR count). The van der Waals surface area contributed by atoms with Gasteiger partial charge in [-0.1, -0.05) is 18.2 Å². The zero-order valence-corrected chi connectivity index (χ0v) is 6.84. The Hall–Kier alpha value is -1.02. The molecule has 60 valence electrons. The number of hydrogen-bond donors (Lipinski definition) is 1. The van der Waals surface area contributed by atoms with Crippen LogP contribution in [0.2, 0.25) is 0 Å². The average Bonchev–Trinajstić information content (AvgIpc) is 2.03. The van der Waals surface area contributed by atoms with Crippen LogP contribution in [0.25, 0.3) is 0 Å². The van der Waals surface area contributed by atoms with Crippen molar-refractivity contribution < 1.29 is 10.5 Å². The molecule has 0 amide bonds. The number of para-hydroxylation sites is 1. The van der Waals surface area contributed by atoms with E-state index in [2.05, 4.69) is 5.73 Å². The van der Waals surface area contributed by atoms with Crippen LogP contribution in [0.5, 0.6) is 5.75 Å². The summed E-state index contributed by atoms with van der Waals surface area (Å²) in [5, 5.41) is 0. The highest BCUT2D eigenvalue weighted by atomic mass is 16.5. The van der Waals surface area contributed by atoms with E-state index in [0.29, 0.717) is 6.61 Å². The Labute approximate surface area is 67.0 Å². The van der Waals surface area contributed by atoms with Gasteiger partial charge in [0.1, 0.15) is 18.9 Å². The van der Waals surface area contributed by atoms with Crippen molar-refractivity contribution >= 4 is 0 Å². The number of aryl methyl sites for hydroxylation is 1.